The van der Waals surface area contributed by atoms with Crippen LogP contribution in [-0.4, -0.2) is 4.57 Å². The lowest BCUT2D eigenvalue weighted by molar-refractivity contribution is 1.02. The number of aromatic nitrogens is 1. The summed E-state index contributed by atoms with van der Waals surface area (Å²) in [5.41, 5.74) is 13.2. The third-order valence-corrected chi connectivity index (χ3v) is 10.8. The van der Waals surface area contributed by atoms with E-state index >= 15 is 0 Å². The summed E-state index contributed by atoms with van der Waals surface area (Å²) in [7, 11) is 2.21. The fraction of sp³-hybridized carbons (Fsp3) is 0.0196. The summed E-state index contributed by atoms with van der Waals surface area (Å²) >= 11 is 0. The second-order valence-corrected chi connectivity index (χ2v) is 13.8. The van der Waals surface area contributed by atoms with Crippen molar-refractivity contribution in [2.75, 3.05) is 4.90 Å². The normalized spacial score (nSPS) is 11.5. The van der Waals surface area contributed by atoms with Crippen LogP contribution in [0.25, 0.3) is 76.7 Å². The smallest absolute Gasteiger partial charge is 0.0575 e. The molecule has 1 aromatic heterocycles. The minimum absolute atomic E-state index is 1.12. The molecule has 0 fully saturated rings. The molecule has 1 heterocycles. The van der Waals surface area contributed by atoms with Crippen LogP contribution in [0.15, 0.2) is 200 Å². The Morgan fingerprint density at radius 1 is 0.321 bits per heavy atom. The largest absolute Gasteiger partial charge is 0.343 e. The Labute approximate surface area is 309 Å². The van der Waals surface area contributed by atoms with Gasteiger partial charge in [0, 0.05) is 45.8 Å². The summed E-state index contributed by atoms with van der Waals surface area (Å²) < 4.78 is 2.38. The van der Waals surface area contributed by atoms with Crippen LogP contribution in [0.5, 0.6) is 0 Å². The zero-order chi connectivity index (χ0) is 35.3. The van der Waals surface area contributed by atoms with Gasteiger partial charge in [-0.15, -0.1) is 0 Å². The molecule has 0 aliphatic carbocycles. The second kappa shape index (κ2) is 12.7. The molecule has 0 saturated carbocycles. The molecule has 0 aliphatic heterocycles. The number of hydrogen-bond acceptors (Lipinski definition) is 1. The summed E-state index contributed by atoms with van der Waals surface area (Å²) in [6.45, 7) is 0. The zero-order valence-corrected chi connectivity index (χ0v) is 29.4. The van der Waals surface area contributed by atoms with Gasteiger partial charge in [0.2, 0.25) is 0 Å². The molecule has 2 nitrogen and oxygen atoms in total. The highest BCUT2D eigenvalue weighted by Gasteiger charge is 2.19. The third kappa shape index (κ3) is 5.19. The van der Waals surface area contributed by atoms with Crippen LogP contribution in [0.3, 0.4) is 0 Å². The van der Waals surface area contributed by atoms with Crippen molar-refractivity contribution in [1.82, 2.24) is 4.57 Å². The molecule has 0 amide bonds. The maximum atomic E-state index is 2.38. The van der Waals surface area contributed by atoms with E-state index in [4.69, 9.17) is 0 Å². The molecule has 0 spiro atoms. The molecule has 0 bridgehead atoms. The van der Waals surface area contributed by atoms with E-state index in [1.54, 1.807) is 0 Å². The summed E-state index contributed by atoms with van der Waals surface area (Å²) in [5.74, 6) is 0. The van der Waals surface area contributed by atoms with E-state index in [0.717, 1.165) is 17.1 Å². The summed E-state index contributed by atoms with van der Waals surface area (Å²) in [6, 6.07) is 72.4. The van der Waals surface area contributed by atoms with E-state index < -0.39 is 0 Å². The first-order valence-electron chi connectivity index (χ1n) is 18.2. The number of aryl methyl sites for hydroxylation is 1. The van der Waals surface area contributed by atoms with Crippen molar-refractivity contribution in [3.63, 3.8) is 0 Å². The molecule has 10 aromatic rings. The molecular weight excluding hydrogens is 641 g/mol. The molecular formula is C51H36N2. The maximum Gasteiger partial charge on any atom is 0.0575 e. The quantitative estimate of drug-likeness (QED) is 0.159. The van der Waals surface area contributed by atoms with Gasteiger partial charge >= 0.3 is 0 Å². The molecule has 9 aromatic carbocycles. The Morgan fingerprint density at radius 2 is 0.755 bits per heavy atom. The summed E-state index contributed by atoms with van der Waals surface area (Å²) in [4.78, 5) is 2.32. The molecule has 0 saturated heterocycles. The monoisotopic (exact) mass is 676 g/mol. The first-order chi connectivity index (χ1) is 26.2. The molecule has 10 rings (SSSR count). The third-order valence-electron chi connectivity index (χ3n) is 10.8. The summed E-state index contributed by atoms with van der Waals surface area (Å²) in [5, 5.41) is 7.82. The Kier molecular flexibility index (Phi) is 7.40. The lowest BCUT2D eigenvalue weighted by Crippen LogP contribution is -2.09. The van der Waals surface area contributed by atoms with Crippen molar-refractivity contribution in [3.8, 4) is 33.4 Å². The first-order valence-corrected chi connectivity index (χ1v) is 18.2. The maximum absolute atomic E-state index is 2.38. The minimum Gasteiger partial charge on any atom is -0.343 e. The van der Waals surface area contributed by atoms with Crippen molar-refractivity contribution in [2.24, 2.45) is 7.05 Å². The zero-order valence-electron chi connectivity index (χ0n) is 29.4. The highest BCUT2D eigenvalue weighted by atomic mass is 15.1. The number of hydrogen-bond donors (Lipinski definition) is 0. The number of anilines is 3. The molecule has 2 heteroatoms. The molecule has 0 N–H and O–H groups in total. The molecule has 250 valence electrons. The Balaban J connectivity index is 1.02. The van der Waals surface area contributed by atoms with Crippen molar-refractivity contribution in [3.05, 3.63) is 200 Å². The van der Waals surface area contributed by atoms with Gasteiger partial charge in [-0.1, -0.05) is 158 Å². The minimum atomic E-state index is 1.12. The lowest BCUT2D eigenvalue weighted by Gasteiger charge is -2.26. The molecule has 0 atom stereocenters. The van der Waals surface area contributed by atoms with Crippen molar-refractivity contribution in [1.29, 1.82) is 0 Å². The van der Waals surface area contributed by atoms with Crippen molar-refractivity contribution in [2.45, 2.75) is 0 Å². The highest BCUT2D eigenvalue weighted by molar-refractivity contribution is 6.33. The fourth-order valence-corrected chi connectivity index (χ4v) is 8.27. The van der Waals surface area contributed by atoms with Crippen LogP contribution in [0, 0.1) is 0 Å². The summed E-state index contributed by atoms with van der Waals surface area (Å²) in [6.07, 6.45) is 0. The first kappa shape index (κ1) is 30.9. The van der Waals surface area contributed by atoms with Gasteiger partial charge in [-0.2, -0.15) is 0 Å². The van der Waals surface area contributed by atoms with Crippen LogP contribution < -0.4 is 4.90 Å². The number of benzene rings is 9. The van der Waals surface area contributed by atoms with Gasteiger partial charge in [0.25, 0.3) is 0 Å². The van der Waals surface area contributed by atoms with Gasteiger partial charge in [-0.3, -0.25) is 0 Å². The Bertz CT molecular complexity index is 2900. The van der Waals surface area contributed by atoms with Gasteiger partial charge in [-0.05, 0) is 92.0 Å². The average Bonchev–Trinajstić information content (AvgIpc) is 3.55. The van der Waals surface area contributed by atoms with Crippen LogP contribution in [-0.2, 0) is 7.05 Å². The number of fused-ring (bicyclic) bond motifs is 8. The molecule has 0 radical (unpaired) electrons. The van der Waals surface area contributed by atoms with E-state index in [0.29, 0.717) is 0 Å². The predicted octanol–water partition coefficient (Wildman–Crippen LogP) is 14.1. The second-order valence-electron chi connectivity index (χ2n) is 13.8. The molecule has 53 heavy (non-hydrogen) atoms. The number of para-hydroxylation sites is 1. The van der Waals surface area contributed by atoms with Gasteiger partial charge < -0.3 is 9.47 Å². The van der Waals surface area contributed by atoms with Crippen LogP contribution >= 0.6 is 0 Å². The van der Waals surface area contributed by atoms with Gasteiger partial charge in [0.05, 0.1) is 5.52 Å². The topological polar surface area (TPSA) is 8.17 Å². The van der Waals surface area contributed by atoms with Gasteiger partial charge in [0.15, 0.2) is 0 Å². The molecule has 0 unspecified atom stereocenters. The average molecular weight is 677 g/mol. The van der Waals surface area contributed by atoms with E-state index in [1.807, 2.05) is 0 Å². The Morgan fingerprint density at radius 3 is 1.36 bits per heavy atom. The van der Waals surface area contributed by atoms with E-state index in [1.165, 1.54) is 76.7 Å². The van der Waals surface area contributed by atoms with Crippen LogP contribution in [0.4, 0.5) is 17.1 Å². The highest BCUT2D eigenvalue weighted by Crippen LogP contribution is 2.44. The van der Waals surface area contributed by atoms with Crippen LogP contribution in [0.1, 0.15) is 0 Å². The standard InChI is InChI=1S/C51H36N2/c1-52-48-22-12-21-43(49(48)50-46-19-10-8-17-44(46)45-18-9-11-20-47(45)51(50)52)39-25-23-36(24-26-39)38-29-33-42(34-30-38)53(40-15-6-3-7-16-40)41-31-27-37(28-32-41)35-13-4-2-5-14-35/h2-34H,1H3. The van der Waals surface area contributed by atoms with E-state index in [2.05, 4.69) is 217 Å². The SMILES string of the molecule is Cn1c2cccc(-c3ccc(-c4ccc(N(c5ccccc5)c5ccc(-c6ccccc6)cc5)cc4)cc3)c2c2c3ccccc3c3ccccc3c21. The Hall–Kier alpha value is -6.90. The fourth-order valence-electron chi connectivity index (χ4n) is 8.27. The number of rotatable bonds is 6. The molecule has 0 aliphatic rings. The van der Waals surface area contributed by atoms with Gasteiger partial charge in [-0.25, -0.2) is 0 Å². The van der Waals surface area contributed by atoms with E-state index in [-0.39, 0.29) is 0 Å². The van der Waals surface area contributed by atoms with Crippen molar-refractivity contribution < 1.29 is 0 Å². The number of nitrogens with zero attached hydrogens (tertiary/aromatic N) is 2. The predicted molar refractivity (Wildman–Crippen MR) is 226 cm³/mol. The van der Waals surface area contributed by atoms with E-state index in [9.17, 15) is 0 Å². The lowest BCUT2D eigenvalue weighted by atomic mass is 9.93. The van der Waals surface area contributed by atoms with Crippen molar-refractivity contribution >= 4 is 60.4 Å². The van der Waals surface area contributed by atoms with Crippen LogP contribution in [0.2, 0.25) is 0 Å². The van der Waals surface area contributed by atoms with Gasteiger partial charge in [0.1, 0.15) is 0 Å².